The molecule has 14 heteroatoms. The van der Waals surface area contributed by atoms with E-state index in [9.17, 15) is 27.5 Å². The third-order valence-corrected chi connectivity index (χ3v) is 15.6. The summed E-state index contributed by atoms with van der Waals surface area (Å²) in [4.78, 5) is 13.0. The molecule has 0 heterocycles. The van der Waals surface area contributed by atoms with Crippen LogP contribution in [0, 0.1) is 23.3 Å². The molecule has 0 radical (unpaired) electrons. The largest absolute Gasteiger partial charge is 0.506 e. The number of carbonyl (C=O) groups excluding carboxylic acids is 1. The van der Waals surface area contributed by atoms with E-state index in [2.05, 4.69) is 0 Å². The molecule has 0 aliphatic heterocycles. The second-order valence-corrected chi connectivity index (χ2v) is 18.5. The number of halogens is 6. The molecule has 0 saturated heterocycles. The zero-order valence-corrected chi connectivity index (χ0v) is 32.3. The predicted octanol–water partition coefficient (Wildman–Crippen LogP) is 8.53. The molecule has 6 nitrogen and oxygen atoms in total. The van der Waals surface area contributed by atoms with E-state index in [1.165, 1.54) is 79.7 Å². The van der Waals surface area contributed by atoms with E-state index in [1.807, 2.05) is 0 Å². The fraction of sp³-hybridized carbons (Fsp3) is 0.0976. The summed E-state index contributed by atoms with van der Waals surface area (Å²) < 4.78 is 101. The predicted molar refractivity (Wildman–Crippen MR) is 209 cm³/mol. The van der Waals surface area contributed by atoms with Gasteiger partial charge in [0.05, 0.1) is 16.7 Å². The van der Waals surface area contributed by atoms with Crippen molar-refractivity contribution < 1.29 is 46.1 Å². The molecule has 0 aromatic heterocycles. The van der Waals surface area contributed by atoms with Crippen LogP contribution in [0.3, 0.4) is 0 Å². The van der Waals surface area contributed by atoms with Gasteiger partial charge in [-0.1, -0.05) is 23.2 Å². The second-order valence-electron chi connectivity index (χ2n) is 12.2. The molecule has 282 valence electrons. The maximum Gasteiger partial charge on any atom is 0.347 e. The van der Waals surface area contributed by atoms with E-state index in [4.69, 9.17) is 32.7 Å². The van der Waals surface area contributed by atoms with Crippen LogP contribution in [-0.4, -0.2) is 23.8 Å². The minimum Gasteiger partial charge on any atom is -0.506 e. The lowest BCUT2D eigenvalue weighted by molar-refractivity contribution is -0.150. The van der Waals surface area contributed by atoms with Gasteiger partial charge in [0.1, 0.15) is 34.8 Å². The first-order chi connectivity index (χ1) is 26.2. The van der Waals surface area contributed by atoms with Gasteiger partial charge in [0.25, 0.3) is 0 Å². The summed E-state index contributed by atoms with van der Waals surface area (Å²) in [5, 5.41) is 11.6. The molecule has 1 atom stereocenters. The van der Waals surface area contributed by atoms with Crippen LogP contribution in [0.25, 0.3) is 11.1 Å². The monoisotopic (exact) mass is 826 g/mol. The highest BCUT2D eigenvalue weighted by molar-refractivity contribution is 7.86. The van der Waals surface area contributed by atoms with Gasteiger partial charge in [-0.15, -0.1) is 0 Å². The zero-order chi connectivity index (χ0) is 39.7. The summed E-state index contributed by atoms with van der Waals surface area (Å²) in [6.07, 6.45) is -1.37. The SMILES string of the molecule is CCOC(=O)[C@H](C)Oc1c(Cl)ccc(P(=O)(c2ccc(F)cc2)c2ccc(F)cc2)c1-c1c(P(=O)(c2ccc(F)cc2)c2ccc(F)cc2)ccc(Cl)c1O. The van der Waals surface area contributed by atoms with Crippen LogP contribution in [0.4, 0.5) is 17.6 Å². The quantitative estimate of drug-likeness (QED) is 0.0801. The molecule has 6 aromatic rings. The van der Waals surface area contributed by atoms with Crippen molar-refractivity contribution in [2.24, 2.45) is 0 Å². The first kappa shape index (κ1) is 39.8. The summed E-state index contributed by atoms with van der Waals surface area (Å²) in [6, 6.07) is 24.2. The molecule has 1 N–H and O–H groups in total. The van der Waals surface area contributed by atoms with Crippen molar-refractivity contribution in [1.82, 2.24) is 0 Å². The number of benzene rings is 6. The summed E-state index contributed by atoms with van der Waals surface area (Å²) >= 11 is 13.5. The van der Waals surface area contributed by atoms with Crippen LogP contribution in [-0.2, 0) is 18.7 Å². The van der Waals surface area contributed by atoms with Crippen molar-refractivity contribution in [1.29, 1.82) is 0 Å². The average molecular weight is 828 g/mol. The molecule has 0 amide bonds. The number of hydrogen-bond donors (Lipinski definition) is 1. The number of rotatable bonds is 11. The first-order valence-electron chi connectivity index (χ1n) is 16.6. The van der Waals surface area contributed by atoms with E-state index in [0.717, 1.165) is 48.5 Å². The molecule has 55 heavy (non-hydrogen) atoms. The molecule has 0 saturated carbocycles. The minimum atomic E-state index is -4.34. The summed E-state index contributed by atoms with van der Waals surface area (Å²) in [7, 11) is -8.67. The fourth-order valence-electron chi connectivity index (χ4n) is 6.17. The first-order valence-corrected chi connectivity index (χ1v) is 20.8. The Kier molecular flexibility index (Phi) is 11.7. The molecular weight excluding hydrogens is 797 g/mol. The van der Waals surface area contributed by atoms with Crippen molar-refractivity contribution in [3.8, 4) is 22.6 Å². The Morgan fingerprint density at radius 1 is 0.600 bits per heavy atom. The number of aromatic hydroxyl groups is 1. The fourth-order valence-corrected chi connectivity index (χ4v) is 12.1. The lowest BCUT2D eigenvalue weighted by Crippen LogP contribution is -2.31. The van der Waals surface area contributed by atoms with Crippen molar-refractivity contribution >= 4 is 75.3 Å². The van der Waals surface area contributed by atoms with Crippen molar-refractivity contribution in [3.05, 3.63) is 155 Å². The lowest BCUT2D eigenvalue weighted by atomic mass is 10.0. The Hall–Kier alpha value is -4.85. The highest BCUT2D eigenvalue weighted by atomic mass is 35.5. The molecule has 0 fully saturated rings. The highest BCUT2D eigenvalue weighted by Gasteiger charge is 2.41. The van der Waals surface area contributed by atoms with Gasteiger partial charge in [-0.05, 0) is 135 Å². The minimum absolute atomic E-state index is 0.00471. The van der Waals surface area contributed by atoms with Gasteiger partial charge in [-0.3, -0.25) is 0 Å². The Bertz CT molecular complexity index is 2380. The van der Waals surface area contributed by atoms with Gasteiger partial charge in [-0.25, -0.2) is 22.4 Å². The standard InChI is InChI=1S/C41H30Cl2F4O6P2/c1-3-52-41(49)24(2)53-40-34(43)21-23-36(55(51,31-16-8-27(46)9-17-31)32-18-10-28(47)11-19-32)38(40)37-35(22-20-33(42)39(37)48)54(50,29-12-4-25(44)5-13-29)30-14-6-26(45)7-15-30/h4-24,48H,3H2,1-2H3/t24-/m0/s1. The van der Waals surface area contributed by atoms with Crippen LogP contribution >= 0.6 is 37.5 Å². The van der Waals surface area contributed by atoms with Gasteiger partial charge >= 0.3 is 5.97 Å². The Labute approximate surface area is 324 Å². The average Bonchev–Trinajstić information content (AvgIpc) is 3.17. The molecule has 6 rings (SSSR count). The summed E-state index contributed by atoms with van der Waals surface area (Å²) in [5.41, 5.74) is -0.572. The van der Waals surface area contributed by atoms with Gasteiger partial charge in [0.2, 0.25) is 0 Å². The van der Waals surface area contributed by atoms with Crippen molar-refractivity contribution in [3.63, 3.8) is 0 Å². The van der Waals surface area contributed by atoms with Crippen LogP contribution in [0.15, 0.2) is 121 Å². The van der Waals surface area contributed by atoms with Crippen LogP contribution in [0.2, 0.25) is 10.0 Å². The van der Waals surface area contributed by atoms with Crippen LogP contribution < -0.4 is 36.6 Å². The number of ether oxygens (including phenoxy) is 2. The van der Waals surface area contributed by atoms with Crippen molar-refractivity contribution in [2.45, 2.75) is 20.0 Å². The zero-order valence-electron chi connectivity index (χ0n) is 29.0. The molecule has 6 aromatic carbocycles. The van der Waals surface area contributed by atoms with Crippen LogP contribution in [0.1, 0.15) is 13.8 Å². The molecule has 0 aliphatic rings. The van der Waals surface area contributed by atoms with E-state index in [0.29, 0.717) is 0 Å². The third kappa shape index (κ3) is 7.57. The number of phenols is 1. The van der Waals surface area contributed by atoms with Gasteiger partial charge < -0.3 is 23.7 Å². The molecule has 0 bridgehead atoms. The topological polar surface area (TPSA) is 89.9 Å². The molecule has 0 spiro atoms. The molecular formula is C41H30Cl2F4O6P2. The van der Waals surface area contributed by atoms with Crippen molar-refractivity contribution in [2.75, 3.05) is 6.61 Å². The van der Waals surface area contributed by atoms with E-state index in [-0.39, 0.29) is 65.4 Å². The smallest absolute Gasteiger partial charge is 0.347 e. The van der Waals surface area contributed by atoms with Gasteiger partial charge in [0, 0.05) is 43.0 Å². The lowest BCUT2D eigenvalue weighted by Gasteiger charge is -2.29. The number of phenolic OH excluding ortho intramolecular Hbond substituents is 1. The summed E-state index contributed by atoms with van der Waals surface area (Å²) in [5.74, 6) is -4.41. The summed E-state index contributed by atoms with van der Waals surface area (Å²) in [6.45, 7) is 2.95. The normalized spacial score (nSPS) is 12.3. The molecule has 0 unspecified atom stereocenters. The van der Waals surface area contributed by atoms with Crippen LogP contribution in [0.5, 0.6) is 11.5 Å². The number of esters is 1. The Morgan fingerprint density at radius 3 is 1.31 bits per heavy atom. The van der Waals surface area contributed by atoms with E-state index in [1.54, 1.807) is 6.92 Å². The highest BCUT2D eigenvalue weighted by Crippen LogP contribution is 2.55. The maximum absolute atomic E-state index is 16.1. The van der Waals surface area contributed by atoms with Gasteiger partial charge in [0.15, 0.2) is 20.4 Å². The number of hydrogen-bond acceptors (Lipinski definition) is 6. The second kappa shape index (κ2) is 16.1. The number of carbonyl (C=O) groups is 1. The third-order valence-electron chi connectivity index (χ3n) is 8.80. The molecule has 0 aliphatic carbocycles. The Balaban J connectivity index is 1.82. The van der Waals surface area contributed by atoms with E-state index >= 15 is 9.13 Å². The maximum atomic E-state index is 16.1. The van der Waals surface area contributed by atoms with Gasteiger partial charge in [-0.2, -0.15) is 0 Å². The Morgan fingerprint density at radius 2 is 0.945 bits per heavy atom. The van der Waals surface area contributed by atoms with E-state index < -0.39 is 55.4 Å².